The zero-order chi connectivity index (χ0) is 31.8. The first-order valence-electron chi connectivity index (χ1n) is 12.9. The minimum Gasteiger partial charge on any atom is -0.508 e. The van der Waals surface area contributed by atoms with Crippen molar-refractivity contribution in [3.8, 4) is 5.75 Å². The first-order chi connectivity index (χ1) is 19.7. The van der Waals surface area contributed by atoms with E-state index in [0.29, 0.717) is 5.56 Å². The zero-order valence-electron chi connectivity index (χ0n) is 22.8. The number of hydrogen-bond donors (Lipinski definition) is 10. The van der Waals surface area contributed by atoms with E-state index in [1.54, 1.807) is 0 Å². The van der Waals surface area contributed by atoms with Gasteiger partial charge in [0.25, 0.3) is 0 Å². The number of carbonyl (C=O) groups excluding carboxylic acids is 4. The summed E-state index contributed by atoms with van der Waals surface area (Å²) in [5.41, 5.74) is 21.9. The smallest absolute Gasteiger partial charge is 0.326 e. The summed E-state index contributed by atoms with van der Waals surface area (Å²) in [5, 5.41) is 35.3. The Labute approximate surface area is 241 Å². The molecule has 0 heterocycles. The molecule has 0 aliphatic carbocycles. The maximum atomic E-state index is 13.3. The number of phenols is 1. The molecule has 0 spiro atoms. The molecule has 0 saturated heterocycles. The summed E-state index contributed by atoms with van der Waals surface area (Å²) in [7, 11) is 0. The molecule has 4 amide bonds. The van der Waals surface area contributed by atoms with E-state index in [4.69, 9.17) is 28.0 Å². The SMILES string of the molecule is NC(=O)CCC(N)C(=O)NC(Cc1ccc(O)cc1)C(=O)NC(CCC(=O)O)C(=O)NC(CCCN=C(N)N)C(=O)O. The van der Waals surface area contributed by atoms with Crippen LogP contribution in [0.5, 0.6) is 5.75 Å². The van der Waals surface area contributed by atoms with Gasteiger partial charge >= 0.3 is 11.9 Å². The van der Waals surface area contributed by atoms with Crippen molar-refractivity contribution in [3.05, 3.63) is 29.8 Å². The van der Waals surface area contributed by atoms with Crippen molar-refractivity contribution >= 4 is 41.5 Å². The van der Waals surface area contributed by atoms with E-state index in [1.807, 2.05) is 0 Å². The molecular weight excluding hydrogens is 556 g/mol. The van der Waals surface area contributed by atoms with Crippen molar-refractivity contribution in [2.24, 2.45) is 27.9 Å². The molecule has 232 valence electrons. The van der Waals surface area contributed by atoms with Gasteiger partial charge in [0.05, 0.1) is 6.04 Å². The summed E-state index contributed by atoms with van der Waals surface area (Å²) in [6.45, 7) is 0.0986. The van der Waals surface area contributed by atoms with E-state index >= 15 is 0 Å². The number of carbonyl (C=O) groups is 6. The van der Waals surface area contributed by atoms with Crippen molar-refractivity contribution in [2.45, 2.75) is 69.1 Å². The number of nitrogens with one attached hydrogen (secondary N) is 3. The largest absolute Gasteiger partial charge is 0.508 e. The molecule has 1 rings (SSSR count). The predicted molar refractivity (Wildman–Crippen MR) is 148 cm³/mol. The lowest BCUT2D eigenvalue weighted by Gasteiger charge is -2.25. The van der Waals surface area contributed by atoms with E-state index in [9.17, 15) is 39.0 Å². The number of hydrogen-bond acceptors (Lipinski definition) is 9. The van der Waals surface area contributed by atoms with Crippen molar-refractivity contribution in [1.82, 2.24) is 16.0 Å². The van der Waals surface area contributed by atoms with Crippen molar-refractivity contribution < 1.29 is 44.1 Å². The fraction of sp³-hybridized carbons (Fsp3) is 0.480. The van der Waals surface area contributed by atoms with E-state index in [2.05, 4.69) is 20.9 Å². The fourth-order valence-electron chi connectivity index (χ4n) is 3.63. The molecule has 17 nitrogen and oxygen atoms in total. The highest BCUT2D eigenvalue weighted by atomic mass is 16.4. The van der Waals surface area contributed by atoms with Crippen LogP contribution in [0.3, 0.4) is 0 Å². The molecule has 14 N–H and O–H groups in total. The van der Waals surface area contributed by atoms with Crippen LogP contribution in [0.15, 0.2) is 29.3 Å². The molecule has 42 heavy (non-hydrogen) atoms. The second-order valence-electron chi connectivity index (χ2n) is 9.39. The van der Waals surface area contributed by atoms with Gasteiger partial charge in [-0.3, -0.25) is 29.0 Å². The number of benzene rings is 1. The number of amides is 4. The van der Waals surface area contributed by atoms with Crippen molar-refractivity contribution in [2.75, 3.05) is 6.54 Å². The third-order valence-corrected chi connectivity index (χ3v) is 5.89. The van der Waals surface area contributed by atoms with Crippen LogP contribution in [-0.2, 0) is 35.2 Å². The van der Waals surface area contributed by atoms with Crippen LogP contribution in [0.1, 0.15) is 44.1 Å². The Bertz CT molecular complexity index is 1140. The van der Waals surface area contributed by atoms with Crippen LogP contribution in [-0.4, -0.2) is 87.6 Å². The first kappa shape index (κ1) is 35.1. The molecule has 17 heteroatoms. The second kappa shape index (κ2) is 17.7. The molecule has 1 aromatic rings. The van der Waals surface area contributed by atoms with Crippen molar-refractivity contribution in [1.29, 1.82) is 0 Å². The molecule has 0 saturated carbocycles. The molecule has 1 aromatic carbocycles. The molecule has 0 radical (unpaired) electrons. The van der Waals surface area contributed by atoms with Gasteiger partial charge in [-0.05, 0) is 43.4 Å². The summed E-state index contributed by atoms with van der Waals surface area (Å²) in [5.74, 6) is -6.23. The molecule has 0 aliphatic heterocycles. The number of carboxylic acid groups (broad SMARTS) is 2. The summed E-state index contributed by atoms with van der Waals surface area (Å²) in [6.07, 6.45) is -1.23. The maximum absolute atomic E-state index is 13.3. The Kier molecular flexibility index (Phi) is 14.8. The minimum absolute atomic E-state index is 0.0473. The van der Waals surface area contributed by atoms with Gasteiger partial charge in [0, 0.05) is 25.8 Å². The predicted octanol–water partition coefficient (Wildman–Crippen LogP) is -3.02. The summed E-state index contributed by atoms with van der Waals surface area (Å²) >= 11 is 0. The van der Waals surface area contributed by atoms with Gasteiger partial charge in [-0.2, -0.15) is 0 Å². The molecule has 4 atom stereocenters. The number of guanidine groups is 1. The number of aromatic hydroxyl groups is 1. The lowest BCUT2D eigenvalue weighted by molar-refractivity contribution is -0.143. The Morgan fingerprint density at radius 1 is 0.762 bits per heavy atom. The van der Waals surface area contributed by atoms with E-state index in [1.165, 1.54) is 24.3 Å². The number of rotatable bonds is 19. The van der Waals surface area contributed by atoms with Crippen molar-refractivity contribution in [3.63, 3.8) is 0 Å². The summed E-state index contributed by atoms with van der Waals surface area (Å²) in [4.78, 5) is 76.7. The Morgan fingerprint density at radius 2 is 1.33 bits per heavy atom. The number of aliphatic imine (C=N–C) groups is 1. The quantitative estimate of drug-likeness (QED) is 0.0435. The van der Waals surface area contributed by atoms with Gasteiger partial charge < -0.3 is 54.2 Å². The monoisotopic (exact) mass is 594 g/mol. The number of nitrogens with two attached hydrogens (primary N) is 4. The molecule has 0 bridgehead atoms. The number of phenolic OH excluding ortho intramolecular Hbond substituents is 1. The molecular formula is C25H38N8O9. The van der Waals surface area contributed by atoms with Gasteiger partial charge in [-0.25, -0.2) is 4.79 Å². The standard InChI is InChI=1S/C25H38N8O9/c26-15(7-9-19(27)35)21(38)33-18(12-13-3-5-14(34)6-4-13)23(40)31-16(8-10-20(36)37)22(39)32-17(24(41)42)2-1-11-30-25(28)29/h3-6,15-18,34H,1-2,7-12,26H2,(H2,27,35)(H,31,40)(H,32,39)(H,33,38)(H,36,37)(H,41,42)(H4,28,29,30). The normalized spacial score (nSPS) is 13.5. The van der Waals surface area contributed by atoms with Gasteiger partial charge in [-0.15, -0.1) is 0 Å². The Hall–Kier alpha value is -4.93. The number of nitrogens with zero attached hydrogens (tertiary/aromatic N) is 1. The van der Waals surface area contributed by atoms with Gasteiger partial charge in [0.15, 0.2) is 5.96 Å². The Balaban J connectivity index is 3.13. The van der Waals surface area contributed by atoms with Crippen LogP contribution < -0.4 is 38.9 Å². The Morgan fingerprint density at radius 3 is 1.88 bits per heavy atom. The average molecular weight is 595 g/mol. The summed E-state index contributed by atoms with van der Waals surface area (Å²) in [6, 6.07) is 0.264. The van der Waals surface area contributed by atoms with Gasteiger partial charge in [0.2, 0.25) is 23.6 Å². The van der Waals surface area contributed by atoms with Crippen LogP contribution in [0, 0.1) is 0 Å². The van der Waals surface area contributed by atoms with Crippen LogP contribution >= 0.6 is 0 Å². The molecule has 4 unspecified atom stereocenters. The maximum Gasteiger partial charge on any atom is 0.326 e. The number of aliphatic carboxylic acids is 2. The third-order valence-electron chi connectivity index (χ3n) is 5.89. The molecule has 0 fully saturated rings. The first-order valence-corrected chi connectivity index (χ1v) is 12.9. The summed E-state index contributed by atoms with van der Waals surface area (Å²) < 4.78 is 0. The topological polar surface area (TPSA) is 316 Å². The highest BCUT2D eigenvalue weighted by molar-refractivity contribution is 5.94. The van der Waals surface area contributed by atoms with Crippen LogP contribution in [0.2, 0.25) is 0 Å². The molecule has 0 aromatic heterocycles. The highest BCUT2D eigenvalue weighted by Gasteiger charge is 2.31. The van der Waals surface area contributed by atoms with E-state index in [-0.39, 0.29) is 50.4 Å². The van der Waals surface area contributed by atoms with Gasteiger partial charge in [0.1, 0.15) is 23.9 Å². The van der Waals surface area contributed by atoms with Crippen LogP contribution in [0.25, 0.3) is 0 Å². The minimum atomic E-state index is -1.49. The van der Waals surface area contributed by atoms with E-state index in [0.717, 1.165) is 0 Å². The lowest BCUT2D eigenvalue weighted by Crippen LogP contribution is -2.57. The number of primary amides is 1. The number of carboxylic acids is 2. The van der Waals surface area contributed by atoms with Gasteiger partial charge in [-0.1, -0.05) is 12.1 Å². The lowest BCUT2D eigenvalue weighted by atomic mass is 10.0. The molecule has 0 aliphatic rings. The zero-order valence-corrected chi connectivity index (χ0v) is 22.8. The highest BCUT2D eigenvalue weighted by Crippen LogP contribution is 2.12. The second-order valence-corrected chi connectivity index (χ2v) is 9.39. The van der Waals surface area contributed by atoms with Crippen LogP contribution in [0.4, 0.5) is 0 Å². The fourth-order valence-corrected chi connectivity index (χ4v) is 3.63. The average Bonchev–Trinajstić information content (AvgIpc) is 2.91. The third kappa shape index (κ3) is 13.9. The van der Waals surface area contributed by atoms with E-state index < -0.39 is 72.6 Å².